The molecule has 0 saturated carbocycles. The molecule has 0 aromatic heterocycles. The number of benzene rings is 3. The van der Waals surface area contributed by atoms with Gasteiger partial charge < -0.3 is 15.0 Å². The van der Waals surface area contributed by atoms with Gasteiger partial charge in [0.15, 0.2) is 0 Å². The molecular weight excluding hydrogens is 621 g/mol. The Balaban J connectivity index is 2.12. The number of nitrogens with one attached hydrogen (secondary N) is 1. The normalized spacial score (nSPS) is 12.7. The largest absolute Gasteiger partial charge is 0.495 e. The van der Waals surface area contributed by atoms with Gasteiger partial charge >= 0.3 is 0 Å². The summed E-state index contributed by atoms with van der Waals surface area (Å²) in [5, 5.41) is 3.86. The molecule has 226 valence electrons. The first-order chi connectivity index (χ1) is 19.8. The van der Waals surface area contributed by atoms with Crippen molar-refractivity contribution in [3.8, 4) is 5.75 Å². The Morgan fingerprint density at radius 2 is 1.64 bits per heavy atom. The van der Waals surface area contributed by atoms with Gasteiger partial charge in [-0.3, -0.25) is 13.9 Å². The van der Waals surface area contributed by atoms with Crippen LogP contribution in [0.1, 0.15) is 31.4 Å². The van der Waals surface area contributed by atoms with E-state index in [1.807, 2.05) is 44.2 Å². The molecular formula is C30H34Cl3N3O5S. The molecule has 0 aliphatic rings. The topological polar surface area (TPSA) is 96.0 Å². The number of methoxy groups -OCH3 is 1. The molecule has 0 spiro atoms. The molecule has 0 aliphatic carbocycles. The maximum Gasteiger partial charge on any atom is 0.244 e. The zero-order chi connectivity index (χ0) is 31.0. The van der Waals surface area contributed by atoms with E-state index in [4.69, 9.17) is 39.5 Å². The van der Waals surface area contributed by atoms with Gasteiger partial charge in [-0.25, -0.2) is 8.42 Å². The highest BCUT2D eigenvalue weighted by molar-refractivity contribution is 7.92. The van der Waals surface area contributed by atoms with Crippen LogP contribution in [-0.2, 0) is 32.6 Å². The van der Waals surface area contributed by atoms with E-state index in [2.05, 4.69) is 5.32 Å². The maximum atomic E-state index is 14.2. The molecule has 0 saturated heterocycles. The number of amides is 2. The number of halogens is 3. The van der Waals surface area contributed by atoms with Gasteiger partial charge in [-0.05, 0) is 54.8 Å². The molecule has 0 fully saturated rings. The second kappa shape index (κ2) is 15.0. The number of carbonyl (C=O) groups is 2. The Bertz CT molecular complexity index is 1510. The summed E-state index contributed by atoms with van der Waals surface area (Å²) in [6.45, 7) is 3.17. The number of sulfonamides is 1. The lowest BCUT2D eigenvalue weighted by molar-refractivity contribution is -0.140. The highest BCUT2D eigenvalue weighted by atomic mass is 35.5. The molecule has 12 heteroatoms. The molecule has 42 heavy (non-hydrogen) atoms. The number of rotatable bonds is 13. The predicted octanol–water partition coefficient (Wildman–Crippen LogP) is 5.98. The van der Waals surface area contributed by atoms with Crippen LogP contribution in [-0.4, -0.2) is 57.1 Å². The van der Waals surface area contributed by atoms with Gasteiger partial charge in [-0.2, -0.15) is 0 Å². The molecule has 8 nitrogen and oxygen atoms in total. The van der Waals surface area contributed by atoms with E-state index >= 15 is 0 Å². The predicted molar refractivity (Wildman–Crippen MR) is 169 cm³/mol. The highest BCUT2D eigenvalue weighted by Gasteiger charge is 2.34. The Hall–Kier alpha value is -2.98. The second-order valence-corrected chi connectivity index (χ2v) is 13.0. The molecule has 0 heterocycles. The number of hydrogen-bond donors (Lipinski definition) is 1. The molecule has 2 amide bonds. The molecule has 0 aliphatic heterocycles. The summed E-state index contributed by atoms with van der Waals surface area (Å²) in [4.78, 5) is 29.3. The van der Waals surface area contributed by atoms with Crippen LogP contribution in [0.25, 0.3) is 0 Å². The molecule has 0 bridgehead atoms. The Kier molecular flexibility index (Phi) is 11.9. The molecule has 3 aromatic rings. The quantitative estimate of drug-likeness (QED) is 0.245. The van der Waals surface area contributed by atoms with E-state index in [0.29, 0.717) is 17.0 Å². The summed E-state index contributed by atoms with van der Waals surface area (Å²) in [5.41, 5.74) is 1.53. The molecule has 3 rings (SSSR count). The molecule has 1 N–H and O–H groups in total. The van der Waals surface area contributed by atoms with Gasteiger partial charge in [0.05, 0.1) is 29.1 Å². The Labute approximate surface area is 262 Å². The van der Waals surface area contributed by atoms with Crippen molar-refractivity contribution in [1.82, 2.24) is 10.2 Å². The van der Waals surface area contributed by atoms with Crippen LogP contribution in [0, 0.1) is 0 Å². The fraction of sp³-hybridized carbons (Fsp3) is 0.333. The Morgan fingerprint density at radius 1 is 0.952 bits per heavy atom. The summed E-state index contributed by atoms with van der Waals surface area (Å²) in [6, 6.07) is 17.6. The third-order valence-electron chi connectivity index (χ3n) is 6.70. The monoisotopic (exact) mass is 653 g/mol. The van der Waals surface area contributed by atoms with E-state index in [0.717, 1.165) is 16.1 Å². The fourth-order valence-electron chi connectivity index (χ4n) is 4.28. The maximum absolute atomic E-state index is 14.2. The van der Waals surface area contributed by atoms with Gasteiger partial charge in [-0.1, -0.05) is 78.1 Å². The van der Waals surface area contributed by atoms with Gasteiger partial charge in [-0.15, -0.1) is 0 Å². The van der Waals surface area contributed by atoms with Gasteiger partial charge in [0.1, 0.15) is 18.3 Å². The number of nitrogens with zero attached hydrogens (tertiary/aromatic N) is 2. The van der Waals surface area contributed by atoms with Crippen LogP contribution in [0.15, 0.2) is 66.7 Å². The minimum absolute atomic E-state index is 0.0363. The summed E-state index contributed by atoms with van der Waals surface area (Å²) in [6.07, 6.45) is 1.86. The van der Waals surface area contributed by atoms with Crippen molar-refractivity contribution in [3.63, 3.8) is 0 Å². The van der Waals surface area contributed by atoms with Gasteiger partial charge in [0.2, 0.25) is 21.8 Å². The van der Waals surface area contributed by atoms with Crippen molar-refractivity contribution < 1.29 is 22.7 Å². The van der Waals surface area contributed by atoms with E-state index in [-0.39, 0.29) is 46.4 Å². The lowest BCUT2D eigenvalue weighted by Crippen LogP contribution is -2.54. The molecule has 0 radical (unpaired) electrons. The van der Waals surface area contributed by atoms with Crippen molar-refractivity contribution in [2.75, 3.05) is 24.2 Å². The first-order valence-corrected chi connectivity index (χ1v) is 16.2. The van der Waals surface area contributed by atoms with E-state index in [1.54, 1.807) is 24.3 Å². The highest BCUT2D eigenvalue weighted by Crippen LogP contribution is 2.33. The van der Waals surface area contributed by atoms with Crippen LogP contribution in [0.2, 0.25) is 15.1 Å². The van der Waals surface area contributed by atoms with Crippen molar-refractivity contribution >= 4 is 62.3 Å². The fourth-order valence-corrected chi connectivity index (χ4v) is 5.61. The zero-order valence-corrected chi connectivity index (χ0v) is 26.9. The number of anilines is 1. The average molecular weight is 655 g/mol. The van der Waals surface area contributed by atoms with Crippen LogP contribution in [0.4, 0.5) is 5.69 Å². The standard InChI is InChI=1S/C30H34Cl3N3O5S/c1-5-20(2)34-30(38)27(16-21-9-7-6-8-10-21)35(18-22-11-13-24(32)25(33)15-22)29(37)19-36(42(4,39)40)26-17-23(31)12-14-28(26)41-3/h6-15,17,20,27H,5,16,18-19H2,1-4H3,(H,34,38)/t20-,27+/m0/s1. The molecule has 0 unspecified atom stereocenters. The zero-order valence-electron chi connectivity index (χ0n) is 23.8. The summed E-state index contributed by atoms with van der Waals surface area (Å²) in [7, 11) is -2.61. The SMILES string of the molecule is CC[C@H](C)NC(=O)[C@@H](Cc1ccccc1)N(Cc1ccc(Cl)c(Cl)c1)C(=O)CN(c1cc(Cl)ccc1OC)S(C)(=O)=O. The molecule has 3 aromatic carbocycles. The van der Waals surface area contributed by atoms with Crippen LogP contribution >= 0.6 is 34.8 Å². The summed E-state index contributed by atoms with van der Waals surface area (Å²) >= 11 is 18.6. The molecule has 2 atom stereocenters. The van der Waals surface area contributed by atoms with Crippen molar-refractivity contribution in [2.45, 2.75) is 45.3 Å². The first-order valence-electron chi connectivity index (χ1n) is 13.2. The number of ether oxygens (including phenoxy) is 1. The van der Waals surface area contributed by atoms with Gasteiger partial charge in [0.25, 0.3) is 0 Å². The first kappa shape index (κ1) is 33.5. The smallest absolute Gasteiger partial charge is 0.244 e. The van der Waals surface area contributed by atoms with Crippen LogP contribution in [0.3, 0.4) is 0 Å². The average Bonchev–Trinajstić information content (AvgIpc) is 2.95. The third kappa shape index (κ3) is 9.01. The van der Waals surface area contributed by atoms with Crippen LogP contribution < -0.4 is 14.4 Å². The van der Waals surface area contributed by atoms with Crippen LogP contribution in [0.5, 0.6) is 5.75 Å². The van der Waals surface area contributed by atoms with Crippen molar-refractivity contribution in [2.24, 2.45) is 0 Å². The van der Waals surface area contributed by atoms with Crippen molar-refractivity contribution in [3.05, 3.63) is 92.9 Å². The Morgan fingerprint density at radius 3 is 2.24 bits per heavy atom. The van der Waals surface area contributed by atoms with E-state index in [1.165, 1.54) is 24.1 Å². The van der Waals surface area contributed by atoms with E-state index < -0.39 is 28.5 Å². The number of carbonyl (C=O) groups excluding carboxylic acids is 2. The third-order valence-corrected chi connectivity index (χ3v) is 8.80. The van der Waals surface area contributed by atoms with Gasteiger partial charge in [0, 0.05) is 24.0 Å². The minimum atomic E-state index is -4.00. The van der Waals surface area contributed by atoms with Crippen molar-refractivity contribution in [1.29, 1.82) is 0 Å². The summed E-state index contributed by atoms with van der Waals surface area (Å²) < 4.78 is 32.4. The minimum Gasteiger partial charge on any atom is -0.495 e. The second-order valence-electron chi connectivity index (χ2n) is 9.88. The summed E-state index contributed by atoms with van der Waals surface area (Å²) in [5.74, 6) is -0.773. The number of hydrogen-bond acceptors (Lipinski definition) is 5. The lowest BCUT2D eigenvalue weighted by Gasteiger charge is -2.34. The van der Waals surface area contributed by atoms with E-state index in [9.17, 15) is 18.0 Å². The lowest BCUT2D eigenvalue weighted by atomic mass is 10.0.